The minimum Gasteiger partial charge on any atom is -0.493 e. The van der Waals surface area contributed by atoms with Crippen molar-refractivity contribution in [2.75, 3.05) is 20.8 Å². The number of aromatic nitrogens is 3. The largest absolute Gasteiger partial charge is 0.493 e. The Bertz CT molecular complexity index is 683. The van der Waals surface area contributed by atoms with Gasteiger partial charge in [-0.3, -0.25) is 0 Å². The van der Waals surface area contributed by atoms with Crippen LogP contribution in [0.4, 0.5) is 0 Å². The first-order chi connectivity index (χ1) is 11.7. The van der Waals surface area contributed by atoms with Crippen LogP contribution in [0.1, 0.15) is 18.3 Å². The lowest BCUT2D eigenvalue weighted by atomic mass is 10.2. The van der Waals surface area contributed by atoms with Gasteiger partial charge in [-0.05, 0) is 24.6 Å². The van der Waals surface area contributed by atoms with Gasteiger partial charge >= 0.3 is 0 Å². The summed E-state index contributed by atoms with van der Waals surface area (Å²) in [6.07, 6.45) is 1.67. The third kappa shape index (κ3) is 4.61. The van der Waals surface area contributed by atoms with Gasteiger partial charge in [-0.15, -0.1) is 10.2 Å². The van der Waals surface area contributed by atoms with Gasteiger partial charge in [0.1, 0.15) is 6.33 Å². The zero-order chi connectivity index (χ0) is 17.4. The van der Waals surface area contributed by atoms with Crippen molar-refractivity contribution in [2.24, 2.45) is 12.0 Å². The van der Waals surface area contributed by atoms with Crippen LogP contribution in [0.3, 0.4) is 0 Å². The van der Waals surface area contributed by atoms with E-state index in [1.54, 1.807) is 20.5 Å². The van der Waals surface area contributed by atoms with Crippen molar-refractivity contribution in [3.8, 4) is 11.5 Å². The lowest BCUT2D eigenvalue weighted by molar-refractivity contribution is 0.354. The molecule has 1 aromatic carbocycles. The minimum atomic E-state index is 0.522. The van der Waals surface area contributed by atoms with Gasteiger partial charge in [0.15, 0.2) is 23.3 Å². The first-order valence-corrected chi connectivity index (χ1v) is 7.73. The van der Waals surface area contributed by atoms with Crippen LogP contribution >= 0.6 is 0 Å². The topological polar surface area (TPSA) is 85.6 Å². The molecule has 0 aliphatic heterocycles. The maximum Gasteiger partial charge on any atom is 0.191 e. The number of rotatable bonds is 7. The summed E-state index contributed by atoms with van der Waals surface area (Å²) in [4.78, 5) is 4.58. The van der Waals surface area contributed by atoms with E-state index >= 15 is 0 Å². The SMILES string of the molecule is CCNC(=NCc1ccc(OC)c(OC)c1)NCc1nncn1C. The number of hydrogen-bond donors (Lipinski definition) is 2. The first-order valence-electron chi connectivity index (χ1n) is 7.73. The van der Waals surface area contributed by atoms with Gasteiger partial charge in [-0.25, -0.2) is 4.99 Å². The molecule has 0 unspecified atom stereocenters. The standard InChI is InChI=1S/C16H24N6O2/c1-5-17-16(19-10-15-21-20-11-22(15)2)18-9-12-6-7-13(23-3)14(8-12)24-4/h6-8,11H,5,9-10H2,1-4H3,(H2,17,18,19). The summed E-state index contributed by atoms with van der Waals surface area (Å²) in [6, 6.07) is 5.77. The van der Waals surface area contributed by atoms with Crippen LogP contribution in [0.5, 0.6) is 11.5 Å². The first kappa shape index (κ1) is 17.6. The molecule has 130 valence electrons. The van der Waals surface area contributed by atoms with Crippen molar-refractivity contribution in [3.05, 3.63) is 35.9 Å². The Morgan fingerprint density at radius 2 is 2.00 bits per heavy atom. The van der Waals surface area contributed by atoms with Crippen LogP contribution in [0.2, 0.25) is 0 Å². The second-order valence-corrected chi connectivity index (χ2v) is 5.10. The molecule has 0 aliphatic rings. The quantitative estimate of drug-likeness (QED) is 0.583. The zero-order valence-electron chi connectivity index (χ0n) is 14.5. The fourth-order valence-electron chi connectivity index (χ4n) is 2.12. The van der Waals surface area contributed by atoms with Crippen LogP contribution in [0.15, 0.2) is 29.5 Å². The van der Waals surface area contributed by atoms with Crippen molar-refractivity contribution in [3.63, 3.8) is 0 Å². The predicted molar refractivity (Wildman–Crippen MR) is 92.2 cm³/mol. The summed E-state index contributed by atoms with van der Waals surface area (Å²) < 4.78 is 12.4. The maximum absolute atomic E-state index is 5.32. The number of hydrogen-bond acceptors (Lipinski definition) is 5. The third-order valence-corrected chi connectivity index (χ3v) is 3.43. The van der Waals surface area contributed by atoms with Gasteiger partial charge < -0.3 is 24.7 Å². The highest BCUT2D eigenvalue weighted by Gasteiger charge is 2.06. The number of ether oxygens (including phenoxy) is 2. The molecular weight excluding hydrogens is 308 g/mol. The molecule has 0 bridgehead atoms. The third-order valence-electron chi connectivity index (χ3n) is 3.43. The predicted octanol–water partition coefficient (Wildman–Crippen LogP) is 1.09. The Labute approximate surface area is 141 Å². The van der Waals surface area contributed by atoms with E-state index < -0.39 is 0 Å². The van der Waals surface area contributed by atoms with Crippen molar-refractivity contribution in [1.82, 2.24) is 25.4 Å². The Balaban J connectivity index is 2.03. The van der Waals surface area contributed by atoms with E-state index in [0.29, 0.717) is 24.6 Å². The van der Waals surface area contributed by atoms with E-state index in [1.165, 1.54) is 0 Å². The summed E-state index contributed by atoms with van der Waals surface area (Å²) in [7, 11) is 5.15. The van der Waals surface area contributed by atoms with Gasteiger partial charge in [0, 0.05) is 13.6 Å². The van der Waals surface area contributed by atoms with Crippen molar-refractivity contribution < 1.29 is 9.47 Å². The maximum atomic E-state index is 5.32. The molecule has 1 heterocycles. The monoisotopic (exact) mass is 332 g/mol. The molecule has 2 N–H and O–H groups in total. The van der Waals surface area contributed by atoms with E-state index in [0.717, 1.165) is 23.9 Å². The van der Waals surface area contributed by atoms with Crippen LogP contribution < -0.4 is 20.1 Å². The normalized spacial score (nSPS) is 11.2. The second kappa shape index (κ2) is 8.76. The van der Waals surface area contributed by atoms with Gasteiger partial charge in [-0.2, -0.15) is 0 Å². The van der Waals surface area contributed by atoms with E-state index in [4.69, 9.17) is 9.47 Å². The summed E-state index contributed by atoms with van der Waals surface area (Å²) in [5.41, 5.74) is 1.03. The molecule has 8 heteroatoms. The highest BCUT2D eigenvalue weighted by atomic mass is 16.5. The van der Waals surface area contributed by atoms with E-state index in [1.807, 2.05) is 36.7 Å². The molecular formula is C16H24N6O2. The van der Waals surface area contributed by atoms with Crippen molar-refractivity contribution in [1.29, 1.82) is 0 Å². The van der Waals surface area contributed by atoms with Gasteiger partial charge in [0.25, 0.3) is 0 Å². The molecule has 0 amide bonds. The van der Waals surface area contributed by atoms with E-state index in [9.17, 15) is 0 Å². The molecule has 0 radical (unpaired) electrons. The molecule has 2 aromatic rings. The lowest BCUT2D eigenvalue weighted by Crippen LogP contribution is -2.37. The summed E-state index contributed by atoms with van der Waals surface area (Å²) in [5, 5.41) is 14.4. The van der Waals surface area contributed by atoms with Crippen LogP contribution in [-0.4, -0.2) is 41.5 Å². The highest BCUT2D eigenvalue weighted by Crippen LogP contribution is 2.27. The number of methoxy groups -OCH3 is 2. The molecule has 8 nitrogen and oxygen atoms in total. The number of aliphatic imine (C=N–C) groups is 1. The zero-order valence-corrected chi connectivity index (χ0v) is 14.5. The van der Waals surface area contributed by atoms with Crippen LogP contribution in [0.25, 0.3) is 0 Å². The van der Waals surface area contributed by atoms with E-state index in [2.05, 4.69) is 25.8 Å². The van der Waals surface area contributed by atoms with Gasteiger partial charge in [0.05, 0.1) is 27.3 Å². The second-order valence-electron chi connectivity index (χ2n) is 5.10. The molecule has 24 heavy (non-hydrogen) atoms. The molecule has 0 atom stereocenters. The Morgan fingerprint density at radius 1 is 1.21 bits per heavy atom. The Morgan fingerprint density at radius 3 is 2.62 bits per heavy atom. The summed E-state index contributed by atoms with van der Waals surface area (Å²) >= 11 is 0. The molecule has 0 fully saturated rings. The Kier molecular flexibility index (Phi) is 6.41. The van der Waals surface area contributed by atoms with Gasteiger partial charge in [0.2, 0.25) is 0 Å². The average molecular weight is 332 g/mol. The van der Waals surface area contributed by atoms with Gasteiger partial charge in [-0.1, -0.05) is 6.07 Å². The summed E-state index contributed by atoms with van der Waals surface area (Å²) in [6.45, 7) is 3.87. The lowest BCUT2D eigenvalue weighted by Gasteiger charge is -2.12. The van der Waals surface area contributed by atoms with Crippen molar-refractivity contribution in [2.45, 2.75) is 20.0 Å². The van der Waals surface area contributed by atoms with Crippen LogP contribution in [0, 0.1) is 0 Å². The molecule has 0 aliphatic carbocycles. The molecule has 0 saturated heterocycles. The Hall–Kier alpha value is -2.77. The number of guanidine groups is 1. The average Bonchev–Trinajstić information content (AvgIpc) is 3.02. The fourth-order valence-corrected chi connectivity index (χ4v) is 2.12. The van der Waals surface area contributed by atoms with E-state index in [-0.39, 0.29) is 0 Å². The molecule has 0 spiro atoms. The number of benzene rings is 1. The minimum absolute atomic E-state index is 0.522. The smallest absolute Gasteiger partial charge is 0.191 e. The highest BCUT2D eigenvalue weighted by molar-refractivity contribution is 5.79. The molecule has 2 rings (SSSR count). The number of aryl methyl sites for hydroxylation is 1. The van der Waals surface area contributed by atoms with Crippen LogP contribution in [-0.2, 0) is 20.1 Å². The molecule has 0 saturated carbocycles. The number of nitrogens with zero attached hydrogens (tertiary/aromatic N) is 4. The summed E-state index contributed by atoms with van der Waals surface area (Å²) in [5.74, 6) is 2.96. The van der Waals surface area contributed by atoms with Crippen molar-refractivity contribution >= 4 is 5.96 Å². The fraction of sp³-hybridized carbons (Fsp3) is 0.438. The molecule has 1 aromatic heterocycles. The number of nitrogens with one attached hydrogen (secondary N) is 2.